The smallest absolute Gasteiger partial charge is 0.305 e. The van der Waals surface area contributed by atoms with Crippen molar-refractivity contribution >= 4 is 30.1 Å². The van der Waals surface area contributed by atoms with E-state index >= 15 is 0 Å². The van der Waals surface area contributed by atoms with Crippen molar-refractivity contribution in [3.8, 4) is 0 Å². The van der Waals surface area contributed by atoms with Crippen LogP contribution >= 0.6 is 0 Å². The highest BCUT2D eigenvalue weighted by Crippen LogP contribution is 2.17. The lowest BCUT2D eigenvalue weighted by Gasteiger charge is -2.19. The fourth-order valence-electron chi connectivity index (χ4n) is 2.81. The zero-order valence-electron chi connectivity index (χ0n) is 15.8. The number of aldehydes is 1. The summed E-state index contributed by atoms with van der Waals surface area (Å²) >= 11 is 0. The number of rotatable bonds is 11. The minimum Gasteiger partial charge on any atom is -0.481 e. The number of nitrogens with zero attached hydrogens (tertiary/aromatic N) is 1. The van der Waals surface area contributed by atoms with Crippen LogP contribution in [0.5, 0.6) is 0 Å². The van der Waals surface area contributed by atoms with E-state index < -0.39 is 18.1 Å². The predicted molar refractivity (Wildman–Crippen MR) is 111 cm³/mol. The molecule has 0 fully saturated rings. The Morgan fingerprint density at radius 2 is 1.79 bits per heavy atom. The first-order chi connectivity index (χ1) is 14.0. The summed E-state index contributed by atoms with van der Waals surface area (Å²) < 4.78 is 0. The second kappa shape index (κ2) is 11.2. The Morgan fingerprint density at radius 1 is 1.10 bits per heavy atom. The molecule has 0 aliphatic rings. The Bertz CT molecular complexity index is 838. The minimum absolute atomic E-state index is 0.0806. The van der Waals surface area contributed by atoms with Crippen LogP contribution in [0.1, 0.15) is 36.4 Å². The quantitative estimate of drug-likeness (QED) is 0.199. The Kier molecular flexibility index (Phi) is 8.37. The van der Waals surface area contributed by atoms with Crippen LogP contribution in [0.15, 0.2) is 59.7 Å². The van der Waals surface area contributed by atoms with Gasteiger partial charge in [0.15, 0.2) is 0 Å². The van der Waals surface area contributed by atoms with Crippen LogP contribution in [0.4, 0.5) is 5.69 Å². The van der Waals surface area contributed by atoms with Gasteiger partial charge < -0.3 is 26.4 Å². The predicted octanol–water partition coefficient (Wildman–Crippen LogP) is 2.07. The Labute approximate surface area is 168 Å². The summed E-state index contributed by atoms with van der Waals surface area (Å²) in [4.78, 5) is 34.8. The van der Waals surface area contributed by atoms with E-state index in [2.05, 4.69) is 15.7 Å². The molecule has 0 heterocycles. The number of anilines is 1. The molecule has 5 N–H and O–H groups in total. The zero-order valence-corrected chi connectivity index (χ0v) is 15.8. The molecule has 0 bridgehead atoms. The van der Waals surface area contributed by atoms with Gasteiger partial charge in [0.2, 0.25) is 5.91 Å². The summed E-state index contributed by atoms with van der Waals surface area (Å²) in [6.45, 7) is 0. The van der Waals surface area contributed by atoms with Crippen molar-refractivity contribution in [3.63, 3.8) is 0 Å². The molecule has 8 heteroatoms. The van der Waals surface area contributed by atoms with E-state index in [-0.39, 0.29) is 25.2 Å². The van der Waals surface area contributed by atoms with Gasteiger partial charge in [-0.15, -0.1) is 0 Å². The lowest BCUT2D eigenvalue weighted by Crippen LogP contribution is -2.31. The topological polar surface area (TPSA) is 134 Å². The van der Waals surface area contributed by atoms with Gasteiger partial charge >= 0.3 is 5.97 Å². The molecule has 1 amide bonds. The molecule has 0 aliphatic carbocycles. The highest BCUT2D eigenvalue weighted by molar-refractivity contribution is 5.80. The van der Waals surface area contributed by atoms with Crippen LogP contribution in [-0.4, -0.2) is 35.5 Å². The van der Waals surface area contributed by atoms with Crippen molar-refractivity contribution in [2.24, 2.45) is 10.9 Å². The van der Waals surface area contributed by atoms with Crippen molar-refractivity contribution in [3.05, 3.63) is 65.7 Å². The molecule has 8 nitrogen and oxygen atoms in total. The SMILES string of the molecule is NN=Cc1ccc(N[C@H](C=O)CCC(=O)NC(CC(=O)O)c2ccccc2)cc1. The average Bonchev–Trinajstić information content (AvgIpc) is 2.72. The van der Waals surface area contributed by atoms with Crippen LogP contribution in [-0.2, 0) is 14.4 Å². The van der Waals surface area contributed by atoms with E-state index in [0.717, 1.165) is 23.1 Å². The maximum Gasteiger partial charge on any atom is 0.305 e. The highest BCUT2D eigenvalue weighted by Gasteiger charge is 2.19. The molecule has 0 radical (unpaired) electrons. The summed E-state index contributed by atoms with van der Waals surface area (Å²) in [5, 5.41) is 18.3. The Morgan fingerprint density at radius 3 is 2.38 bits per heavy atom. The molecule has 0 aliphatic heterocycles. The van der Waals surface area contributed by atoms with Gasteiger partial charge in [-0.3, -0.25) is 9.59 Å². The first kappa shape index (κ1) is 21.6. The number of carboxylic acid groups (broad SMARTS) is 1. The van der Waals surface area contributed by atoms with Crippen molar-refractivity contribution in [1.82, 2.24) is 5.32 Å². The molecular formula is C21H24N4O4. The summed E-state index contributed by atoms with van der Waals surface area (Å²) in [5.41, 5.74) is 2.27. The lowest BCUT2D eigenvalue weighted by molar-refractivity contribution is -0.137. The van der Waals surface area contributed by atoms with Crippen LogP contribution in [0.3, 0.4) is 0 Å². The molecule has 2 aromatic carbocycles. The van der Waals surface area contributed by atoms with Gasteiger partial charge in [-0.05, 0) is 29.7 Å². The Hall–Kier alpha value is -3.68. The molecule has 2 aromatic rings. The van der Waals surface area contributed by atoms with E-state index in [1.807, 2.05) is 6.07 Å². The van der Waals surface area contributed by atoms with Gasteiger partial charge in [0, 0.05) is 12.1 Å². The number of nitrogens with one attached hydrogen (secondary N) is 2. The number of hydrogen-bond acceptors (Lipinski definition) is 6. The van der Waals surface area contributed by atoms with Crippen molar-refractivity contribution in [1.29, 1.82) is 0 Å². The largest absolute Gasteiger partial charge is 0.481 e. The first-order valence-corrected chi connectivity index (χ1v) is 9.13. The zero-order chi connectivity index (χ0) is 21.1. The molecule has 0 spiro atoms. The van der Waals surface area contributed by atoms with E-state index in [1.54, 1.807) is 48.5 Å². The number of carbonyl (C=O) groups is 3. The third-order valence-electron chi connectivity index (χ3n) is 4.25. The number of aliphatic carboxylic acids is 1. The number of carboxylic acids is 1. The third-order valence-corrected chi connectivity index (χ3v) is 4.25. The number of hydrazone groups is 1. The van der Waals surface area contributed by atoms with Gasteiger partial charge in [0.05, 0.1) is 24.7 Å². The Balaban J connectivity index is 1.90. The summed E-state index contributed by atoms with van der Waals surface area (Å²) in [6, 6.07) is 14.9. The highest BCUT2D eigenvalue weighted by atomic mass is 16.4. The van der Waals surface area contributed by atoms with Crippen molar-refractivity contribution in [2.75, 3.05) is 5.32 Å². The van der Waals surface area contributed by atoms with Crippen molar-refractivity contribution < 1.29 is 19.5 Å². The van der Waals surface area contributed by atoms with Crippen LogP contribution in [0.2, 0.25) is 0 Å². The van der Waals surface area contributed by atoms with Gasteiger partial charge in [-0.1, -0.05) is 42.5 Å². The second-order valence-corrected chi connectivity index (χ2v) is 6.45. The fourth-order valence-corrected chi connectivity index (χ4v) is 2.81. The van der Waals surface area contributed by atoms with E-state index in [0.29, 0.717) is 0 Å². The molecular weight excluding hydrogens is 372 g/mol. The molecule has 0 saturated carbocycles. The average molecular weight is 396 g/mol. The summed E-state index contributed by atoms with van der Waals surface area (Å²) in [7, 11) is 0. The standard InChI is InChI=1S/C21H24N4O4/c22-23-13-15-6-8-17(9-7-15)24-18(14-26)10-11-20(27)25-19(12-21(28)29)16-4-2-1-3-5-16/h1-9,13-14,18-19,24H,10-12,22H2,(H,25,27)(H,28,29)/t18-,19?/m0/s1. The van der Waals surface area contributed by atoms with Crippen molar-refractivity contribution in [2.45, 2.75) is 31.3 Å². The lowest BCUT2D eigenvalue weighted by atomic mass is 10.0. The van der Waals surface area contributed by atoms with Gasteiger partial charge in [-0.2, -0.15) is 5.10 Å². The summed E-state index contributed by atoms with van der Waals surface area (Å²) in [6.07, 6.45) is 2.39. The van der Waals surface area contributed by atoms with Gasteiger partial charge in [-0.25, -0.2) is 0 Å². The summed E-state index contributed by atoms with van der Waals surface area (Å²) in [5.74, 6) is 3.78. The minimum atomic E-state index is -1.00. The molecule has 2 atom stereocenters. The second-order valence-electron chi connectivity index (χ2n) is 6.45. The van der Waals surface area contributed by atoms with Gasteiger partial charge in [0.1, 0.15) is 6.29 Å². The van der Waals surface area contributed by atoms with Crippen LogP contribution in [0, 0.1) is 0 Å². The molecule has 0 aromatic heterocycles. The molecule has 2 rings (SSSR count). The number of carbonyl (C=O) groups excluding carboxylic acids is 2. The number of benzene rings is 2. The molecule has 0 saturated heterocycles. The normalized spacial score (nSPS) is 12.8. The monoisotopic (exact) mass is 396 g/mol. The number of hydrogen-bond donors (Lipinski definition) is 4. The maximum absolute atomic E-state index is 12.3. The van der Waals surface area contributed by atoms with Crippen LogP contribution < -0.4 is 16.5 Å². The van der Waals surface area contributed by atoms with Gasteiger partial charge in [0.25, 0.3) is 0 Å². The third kappa shape index (κ3) is 7.45. The molecule has 152 valence electrons. The maximum atomic E-state index is 12.3. The molecule has 29 heavy (non-hydrogen) atoms. The van der Waals surface area contributed by atoms with E-state index in [1.165, 1.54) is 6.21 Å². The van der Waals surface area contributed by atoms with E-state index in [4.69, 9.17) is 10.9 Å². The molecule has 1 unspecified atom stereocenters. The van der Waals surface area contributed by atoms with Crippen LogP contribution in [0.25, 0.3) is 0 Å². The first-order valence-electron chi connectivity index (χ1n) is 9.13. The number of nitrogens with two attached hydrogens (primary N) is 1. The fraction of sp³-hybridized carbons (Fsp3) is 0.238. The number of amides is 1. The van der Waals surface area contributed by atoms with E-state index in [9.17, 15) is 14.4 Å².